The van der Waals surface area contributed by atoms with Crippen LogP contribution in [0.1, 0.15) is 25.8 Å². The fourth-order valence-electron chi connectivity index (χ4n) is 3.58. The lowest BCUT2D eigenvalue weighted by atomic mass is 10.2. The standard InChI is InChI=1S/C17H25F3N4O3S/c1-13-11-24(12-14(2)27-13)28(25,26)23-7-3-6-22(8-9-23)16-5-4-15(10-21-16)17(18,19)20/h4-5,10,13-14H,3,6-9,11-12H2,1-2H3. The van der Waals surface area contributed by atoms with E-state index in [2.05, 4.69) is 4.98 Å². The number of aromatic nitrogens is 1. The molecule has 0 N–H and O–H groups in total. The van der Waals surface area contributed by atoms with Gasteiger partial charge >= 0.3 is 6.18 Å². The van der Waals surface area contributed by atoms with Gasteiger partial charge in [-0.25, -0.2) is 4.98 Å². The molecule has 0 aromatic carbocycles. The molecule has 0 radical (unpaired) electrons. The Morgan fingerprint density at radius 2 is 1.71 bits per heavy atom. The van der Waals surface area contributed by atoms with Gasteiger partial charge in [0.25, 0.3) is 10.2 Å². The Bertz CT molecular complexity index is 763. The van der Waals surface area contributed by atoms with Gasteiger partial charge in [0, 0.05) is 45.5 Å². The van der Waals surface area contributed by atoms with Gasteiger partial charge in [-0.3, -0.25) is 0 Å². The number of hydrogen-bond acceptors (Lipinski definition) is 5. The van der Waals surface area contributed by atoms with Gasteiger partial charge in [0.2, 0.25) is 0 Å². The SMILES string of the molecule is CC1CN(S(=O)(=O)N2CCCN(c3ccc(C(F)(F)F)cn3)CC2)CC(C)O1. The predicted molar refractivity (Wildman–Crippen MR) is 98.1 cm³/mol. The maximum Gasteiger partial charge on any atom is 0.417 e. The fourth-order valence-corrected chi connectivity index (χ4v) is 5.37. The molecule has 0 amide bonds. The average Bonchev–Trinajstić information content (AvgIpc) is 2.87. The Hall–Kier alpha value is -1.43. The topological polar surface area (TPSA) is 66.0 Å². The summed E-state index contributed by atoms with van der Waals surface area (Å²) in [4.78, 5) is 5.74. The van der Waals surface area contributed by atoms with Crippen molar-refractivity contribution in [2.45, 2.75) is 38.7 Å². The first-order chi connectivity index (χ1) is 13.1. The van der Waals surface area contributed by atoms with E-state index in [0.717, 1.165) is 12.3 Å². The molecule has 0 aliphatic carbocycles. The first kappa shape index (κ1) is 21.3. The highest BCUT2D eigenvalue weighted by molar-refractivity contribution is 7.86. The first-order valence-corrected chi connectivity index (χ1v) is 10.7. The van der Waals surface area contributed by atoms with Crippen LogP contribution in [0.25, 0.3) is 0 Å². The number of anilines is 1. The van der Waals surface area contributed by atoms with Crippen LogP contribution in [0, 0.1) is 0 Å². The Labute approximate surface area is 163 Å². The second-order valence-corrected chi connectivity index (χ2v) is 9.15. The molecule has 0 saturated carbocycles. The van der Waals surface area contributed by atoms with E-state index in [1.165, 1.54) is 14.7 Å². The summed E-state index contributed by atoms with van der Waals surface area (Å²) < 4.78 is 72.7. The summed E-state index contributed by atoms with van der Waals surface area (Å²) in [6, 6.07) is 2.33. The molecule has 2 aliphatic rings. The molecule has 7 nitrogen and oxygen atoms in total. The second kappa shape index (κ2) is 8.13. The Morgan fingerprint density at radius 1 is 1.04 bits per heavy atom. The smallest absolute Gasteiger partial charge is 0.373 e. The zero-order chi connectivity index (χ0) is 20.5. The maximum atomic E-state index is 13.0. The van der Waals surface area contributed by atoms with Gasteiger partial charge < -0.3 is 9.64 Å². The van der Waals surface area contributed by atoms with Crippen LogP contribution in [0.3, 0.4) is 0 Å². The quantitative estimate of drug-likeness (QED) is 0.745. The zero-order valence-electron chi connectivity index (χ0n) is 15.9. The molecule has 2 atom stereocenters. The van der Waals surface area contributed by atoms with Crippen molar-refractivity contribution >= 4 is 16.0 Å². The van der Waals surface area contributed by atoms with Crippen LogP contribution in [0.2, 0.25) is 0 Å². The lowest BCUT2D eigenvalue weighted by Gasteiger charge is -2.37. The molecule has 28 heavy (non-hydrogen) atoms. The molecule has 2 saturated heterocycles. The van der Waals surface area contributed by atoms with Crippen molar-refractivity contribution in [3.63, 3.8) is 0 Å². The van der Waals surface area contributed by atoms with Gasteiger partial charge in [0.1, 0.15) is 5.82 Å². The lowest BCUT2D eigenvalue weighted by molar-refractivity contribution is -0.137. The molecule has 2 unspecified atom stereocenters. The van der Waals surface area contributed by atoms with Crippen molar-refractivity contribution in [1.29, 1.82) is 0 Å². The third kappa shape index (κ3) is 4.76. The lowest BCUT2D eigenvalue weighted by Crippen LogP contribution is -2.53. The number of morpholine rings is 1. The van der Waals surface area contributed by atoms with E-state index in [-0.39, 0.29) is 18.8 Å². The highest BCUT2D eigenvalue weighted by Gasteiger charge is 2.36. The van der Waals surface area contributed by atoms with Crippen molar-refractivity contribution in [2.75, 3.05) is 44.2 Å². The van der Waals surface area contributed by atoms with Gasteiger partial charge in [0.05, 0.1) is 17.8 Å². The molecule has 0 spiro atoms. The summed E-state index contributed by atoms with van der Waals surface area (Å²) >= 11 is 0. The van der Waals surface area contributed by atoms with E-state index >= 15 is 0 Å². The molecule has 3 rings (SSSR count). The van der Waals surface area contributed by atoms with Crippen LogP contribution in [0.15, 0.2) is 18.3 Å². The van der Waals surface area contributed by atoms with Crippen molar-refractivity contribution in [2.24, 2.45) is 0 Å². The number of ether oxygens (including phenoxy) is 1. The third-order valence-corrected chi connectivity index (χ3v) is 6.86. The summed E-state index contributed by atoms with van der Waals surface area (Å²) in [5.41, 5.74) is -0.800. The van der Waals surface area contributed by atoms with Crippen molar-refractivity contribution < 1.29 is 26.3 Å². The Morgan fingerprint density at radius 3 is 2.29 bits per heavy atom. The zero-order valence-corrected chi connectivity index (χ0v) is 16.7. The van der Waals surface area contributed by atoms with Crippen molar-refractivity contribution in [3.05, 3.63) is 23.9 Å². The second-order valence-electron chi connectivity index (χ2n) is 7.22. The minimum absolute atomic E-state index is 0.168. The van der Waals surface area contributed by atoms with E-state index in [9.17, 15) is 21.6 Å². The number of alkyl halides is 3. The Kier molecular flexibility index (Phi) is 6.18. The molecular formula is C17H25F3N4O3S. The van der Waals surface area contributed by atoms with E-state index in [1.807, 2.05) is 18.7 Å². The minimum Gasteiger partial charge on any atom is -0.373 e. The van der Waals surface area contributed by atoms with Crippen molar-refractivity contribution in [1.82, 2.24) is 13.6 Å². The molecule has 1 aromatic rings. The van der Waals surface area contributed by atoms with E-state index in [4.69, 9.17) is 4.74 Å². The fraction of sp³-hybridized carbons (Fsp3) is 0.706. The summed E-state index contributed by atoms with van der Waals surface area (Å²) in [7, 11) is -3.62. The van der Waals surface area contributed by atoms with Crippen LogP contribution < -0.4 is 4.90 Å². The molecule has 0 bridgehead atoms. The summed E-state index contributed by atoms with van der Waals surface area (Å²) in [5.74, 6) is 0.417. The van der Waals surface area contributed by atoms with Crippen LogP contribution >= 0.6 is 0 Å². The Balaban J connectivity index is 1.67. The third-order valence-electron chi connectivity index (χ3n) is 4.89. The summed E-state index contributed by atoms with van der Waals surface area (Å²) in [5, 5.41) is 0. The molecular weight excluding hydrogens is 397 g/mol. The molecule has 3 heterocycles. The number of halogens is 3. The van der Waals surface area contributed by atoms with Crippen LogP contribution in [0.4, 0.5) is 19.0 Å². The average molecular weight is 422 g/mol. The normalized spacial score (nSPS) is 26.2. The maximum absolute atomic E-state index is 13.0. The van der Waals surface area contributed by atoms with E-state index in [0.29, 0.717) is 45.0 Å². The molecule has 1 aromatic heterocycles. The minimum atomic E-state index is -4.43. The summed E-state index contributed by atoms with van der Waals surface area (Å²) in [6.45, 7) is 5.83. The highest BCUT2D eigenvalue weighted by Crippen LogP contribution is 2.29. The molecule has 158 valence electrons. The van der Waals surface area contributed by atoms with Gasteiger partial charge in [-0.2, -0.15) is 30.2 Å². The van der Waals surface area contributed by atoms with Gasteiger partial charge in [0.15, 0.2) is 0 Å². The largest absolute Gasteiger partial charge is 0.417 e. The van der Waals surface area contributed by atoms with Crippen LogP contribution in [-0.2, 0) is 21.1 Å². The van der Waals surface area contributed by atoms with Crippen molar-refractivity contribution in [3.8, 4) is 0 Å². The number of pyridine rings is 1. The van der Waals surface area contributed by atoms with Gasteiger partial charge in [-0.15, -0.1) is 0 Å². The molecule has 2 aliphatic heterocycles. The molecule has 11 heteroatoms. The van der Waals surface area contributed by atoms with E-state index < -0.39 is 21.9 Å². The van der Waals surface area contributed by atoms with E-state index in [1.54, 1.807) is 0 Å². The molecule has 2 fully saturated rings. The van der Waals surface area contributed by atoms with Gasteiger partial charge in [-0.05, 0) is 32.4 Å². The monoisotopic (exact) mass is 422 g/mol. The number of rotatable bonds is 3. The van der Waals surface area contributed by atoms with Crippen LogP contribution in [-0.4, -0.2) is 73.5 Å². The highest BCUT2D eigenvalue weighted by atomic mass is 32.2. The number of nitrogens with zero attached hydrogens (tertiary/aromatic N) is 4. The first-order valence-electron chi connectivity index (χ1n) is 9.26. The van der Waals surface area contributed by atoms with Gasteiger partial charge in [-0.1, -0.05) is 0 Å². The number of hydrogen-bond donors (Lipinski definition) is 0. The van der Waals surface area contributed by atoms with Crippen LogP contribution in [0.5, 0.6) is 0 Å². The predicted octanol–water partition coefficient (Wildman–Crippen LogP) is 1.97. The summed E-state index contributed by atoms with van der Waals surface area (Å²) in [6.07, 6.45) is -3.39.